The van der Waals surface area contributed by atoms with E-state index in [2.05, 4.69) is 6.07 Å². The van der Waals surface area contributed by atoms with Gasteiger partial charge in [-0.15, -0.1) is 0 Å². The normalized spacial score (nSPS) is 55.4. The van der Waals surface area contributed by atoms with Crippen LogP contribution in [0.15, 0.2) is 0 Å². The molecule has 0 N–H and O–H groups in total. The average Bonchev–Trinajstić information content (AvgIpc) is 3.08. The number of nitrogens with zero attached hydrogens (tertiary/aromatic N) is 1. The van der Waals surface area contributed by atoms with Gasteiger partial charge in [-0.1, -0.05) is 6.42 Å². The molecule has 0 aromatic heterocycles. The lowest BCUT2D eigenvalue weighted by atomic mass is 9.67. The summed E-state index contributed by atoms with van der Waals surface area (Å²) >= 11 is 0. The second-order valence-corrected chi connectivity index (χ2v) is 6.94. The van der Waals surface area contributed by atoms with Crippen LogP contribution in [0.4, 0.5) is 0 Å². The molecule has 2 aliphatic carbocycles. The van der Waals surface area contributed by atoms with Crippen molar-refractivity contribution >= 4 is 0 Å². The number of rotatable bonds is 2. The smallest absolute Gasteiger partial charge is 0.0862 e. The first-order valence-corrected chi connectivity index (χ1v) is 7.36. The maximum absolute atomic E-state index is 9.64. The number of nitriles is 1. The summed E-state index contributed by atoms with van der Waals surface area (Å²) in [4.78, 5) is 0. The Morgan fingerprint density at radius 2 is 2.12 bits per heavy atom. The summed E-state index contributed by atoms with van der Waals surface area (Å²) in [5, 5.41) is 9.64. The Morgan fingerprint density at radius 1 is 1.18 bits per heavy atom. The number of fused-ring (bicyclic) bond motifs is 4. The molecule has 4 rings (SSSR count). The van der Waals surface area contributed by atoms with E-state index in [0.717, 1.165) is 37.0 Å². The van der Waals surface area contributed by atoms with Crippen LogP contribution >= 0.6 is 0 Å². The molecule has 6 unspecified atom stereocenters. The molecule has 2 saturated heterocycles. The number of hydrogen-bond donors (Lipinski definition) is 0. The van der Waals surface area contributed by atoms with Gasteiger partial charge in [-0.25, -0.2) is 0 Å². The lowest BCUT2D eigenvalue weighted by Crippen LogP contribution is -2.34. The molecule has 6 atom stereocenters. The van der Waals surface area contributed by atoms with Gasteiger partial charge < -0.3 is 4.74 Å². The lowest BCUT2D eigenvalue weighted by Gasteiger charge is -2.33. The Hall–Kier alpha value is -0.550. The summed E-state index contributed by atoms with van der Waals surface area (Å²) < 4.78 is 5.95. The Labute approximate surface area is 103 Å². The van der Waals surface area contributed by atoms with Gasteiger partial charge in [0.1, 0.15) is 0 Å². The molecule has 2 heteroatoms. The van der Waals surface area contributed by atoms with Gasteiger partial charge >= 0.3 is 0 Å². The first-order valence-electron chi connectivity index (χ1n) is 7.36. The monoisotopic (exact) mass is 231 g/mol. The van der Waals surface area contributed by atoms with Gasteiger partial charge in [-0.2, -0.15) is 5.26 Å². The van der Waals surface area contributed by atoms with Gasteiger partial charge in [0.15, 0.2) is 0 Å². The van der Waals surface area contributed by atoms with Crippen LogP contribution in [0.3, 0.4) is 0 Å². The highest BCUT2D eigenvalue weighted by atomic mass is 16.5. The fourth-order valence-corrected chi connectivity index (χ4v) is 5.27. The summed E-state index contributed by atoms with van der Waals surface area (Å²) in [6.45, 7) is 0. The van der Waals surface area contributed by atoms with E-state index in [9.17, 15) is 5.26 Å². The predicted molar refractivity (Wildman–Crippen MR) is 64.1 cm³/mol. The van der Waals surface area contributed by atoms with E-state index in [1.54, 1.807) is 0 Å². The standard InChI is InChI=1S/C15H21NO/c16-9-15(8-13-3-4-14(15)17-13)7-12-6-10-1-2-11(12)5-10/h10-14H,1-8H2. The van der Waals surface area contributed by atoms with E-state index >= 15 is 0 Å². The van der Waals surface area contributed by atoms with Crippen LogP contribution in [0.1, 0.15) is 51.4 Å². The minimum atomic E-state index is -0.0991. The number of hydrogen-bond acceptors (Lipinski definition) is 2. The Kier molecular flexibility index (Phi) is 2.12. The molecule has 17 heavy (non-hydrogen) atoms. The average molecular weight is 231 g/mol. The molecule has 4 bridgehead atoms. The molecule has 0 aromatic rings. The third-order valence-corrected chi connectivity index (χ3v) is 6.05. The van der Waals surface area contributed by atoms with Gasteiger partial charge in [0.2, 0.25) is 0 Å². The summed E-state index contributed by atoms with van der Waals surface area (Å²) in [5.41, 5.74) is -0.0991. The largest absolute Gasteiger partial charge is 0.373 e. The fourth-order valence-electron chi connectivity index (χ4n) is 5.27. The van der Waals surface area contributed by atoms with Crippen LogP contribution in [0.2, 0.25) is 0 Å². The van der Waals surface area contributed by atoms with Crippen LogP contribution in [0.25, 0.3) is 0 Å². The van der Waals surface area contributed by atoms with Crippen LogP contribution < -0.4 is 0 Å². The Balaban J connectivity index is 1.52. The van der Waals surface area contributed by atoms with Crippen molar-refractivity contribution in [1.82, 2.24) is 0 Å². The van der Waals surface area contributed by atoms with Crippen molar-refractivity contribution in [3.05, 3.63) is 0 Å². The minimum absolute atomic E-state index is 0.0991. The molecule has 2 heterocycles. The Bertz CT molecular complexity index is 374. The van der Waals surface area contributed by atoms with Gasteiger partial charge in [-0.3, -0.25) is 0 Å². The van der Waals surface area contributed by atoms with Crippen molar-refractivity contribution in [1.29, 1.82) is 5.26 Å². The molecule has 0 amide bonds. The van der Waals surface area contributed by atoms with Gasteiger partial charge in [0.25, 0.3) is 0 Å². The van der Waals surface area contributed by atoms with E-state index < -0.39 is 0 Å². The SMILES string of the molecule is N#CC1(CC2CC3CCC2C3)CC2CCC1O2. The van der Waals surface area contributed by atoms with Crippen LogP contribution in [-0.4, -0.2) is 12.2 Å². The van der Waals surface area contributed by atoms with E-state index in [1.165, 1.54) is 32.1 Å². The van der Waals surface area contributed by atoms with Crippen molar-refractivity contribution in [2.24, 2.45) is 23.2 Å². The highest BCUT2D eigenvalue weighted by molar-refractivity contribution is 5.13. The molecule has 92 valence electrons. The van der Waals surface area contributed by atoms with Crippen LogP contribution in [0, 0.1) is 34.5 Å². The molecular weight excluding hydrogens is 210 g/mol. The molecule has 4 fully saturated rings. The zero-order valence-corrected chi connectivity index (χ0v) is 10.4. The zero-order chi connectivity index (χ0) is 11.5. The maximum atomic E-state index is 9.64. The summed E-state index contributed by atoms with van der Waals surface area (Å²) in [7, 11) is 0. The quantitative estimate of drug-likeness (QED) is 0.730. The van der Waals surface area contributed by atoms with Crippen molar-refractivity contribution < 1.29 is 4.74 Å². The van der Waals surface area contributed by atoms with Crippen LogP contribution in [-0.2, 0) is 4.74 Å². The third kappa shape index (κ3) is 1.41. The van der Waals surface area contributed by atoms with E-state index in [-0.39, 0.29) is 11.5 Å². The maximum Gasteiger partial charge on any atom is 0.0862 e. The first-order chi connectivity index (χ1) is 8.29. The molecule has 0 spiro atoms. The van der Waals surface area contributed by atoms with E-state index in [1.807, 2.05) is 0 Å². The molecule has 2 saturated carbocycles. The third-order valence-electron chi connectivity index (χ3n) is 6.05. The van der Waals surface area contributed by atoms with Crippen molar-refractivity contribution in [2.75, 3.05) is 0 Å². The second-order valence-electron chi connectivity index (χ2n) is 6.94. The topological polar surface area (TPSA) is 33.0 Å². The Morgan fingerprint density at radius 3 is 2.65 bits per heavy atom. The summed E-state index contributed by atoms with van der Waals surface area (Å²) in [5.74, 6) is 2.79. The zero-order valence-electron chi connectivity index (χ0n) is 10.4. The van der Waals surface area contributed by atoms with Gasteiger partial charge in [0.05, 0.1) is 23.7 Å². The minimum Gasteiger partial charge on any atom is -0.373 e. The molecule has 4 aliphatic rings. The summed E-state index contributed by atoms with van der Waals surface area (Å²) in [6.07, 6.45) is 11.0. The molecule has 2 aliphatic heterocycles. The van der Waals surface area contributed by atoms with Crippen molar-refractivity contribution in [3.63, 3.8) is 0 Å². The highest BCUT2D eigenvalue weighted by Crippen LogP contribution is 2.57. The molecule has 0 radical (unpaired) electrons. The molecular formula is C15H21NO. The lowest BCUT2D eigenvalue weighted by molar-refractivity contribution is 0.0666. The molecule has 2 nitrogen and oxygen atoms in total. The summed E-state index contributed by atoms with van der Waals surface area (Å²) in [6, 6.07) is 2.67. The predicted octanol–water partition coefficient (Wildman–Crippen LogP) is 3.27. The fraction of sp³-hybridized carbons (Fsp3) is 0.933. The molecule has 0 aromatic carbocycles. The van der Waals surface area contributed by atoms with Crippen LogP contribution in [0.5, 0.6) is 0 Å². The number of ether oxygens (including phenoxy) is 1. The first kappa shape index (κ1) is 10.4. The van der Waals surface area contributed by atoms with Gasteiger partial charge in [-0.05, 0) is 62.7 Å². The highest BCUT2D eigenvalue weighted by Gasteiger charge is 2.55. The van der Waals surface area contributed by atoms with Crippen molar-refractivity contribution in [2.45, 2.75) is 63.6 Å². The second kappa shape index (κ2) is 3.48. The van der Waals surface area contributed by atoms with Gasteiger partial charge in [0, 0.05) is 0 Å². The van der Waals surface area contributed by atoms with E-state index in [0.29, 0.717) is 6.10 Å². The van der Waals surface area contributed by atoms with E-state index in [4.69, 9.17) is 4.74 Å². The van der Waals surface area contributed by atoms with Crippen molar-refractivity contribution in [3.8, 4) is 6.07 Å².